The Kier molecular flexibility index (Phi) is 6.05. The van der Waals surface area contributed by atoms with Gasteiger partial charge >= 0.3 is 6.18 Å². The molecule has 9 heteroatoms. The number of rotatable bonds is 3. The molecule has 0 aliphatic rings. The average Bonchev–Trinajstić information content (AvgIpc) is 2.64. The first-order chi connectivity index (χ1) is 7.71. The number of carbonyl (C=O) groups is 1. The third kappa shape index (κ3) is 4.43. The molecule has 0 aromatic carbocycles. The largest absolute Gasteiger partial charge is 0.434 e. The SMILES string of the molecule is C[C@@H](N)C(=O)N(C)Cc1nc(C(F)(F)F)cs1.Cl. The van der Waals surface area contributed by atoms with E-state index in [9.17, 15) is 18.0 Å². The number of aromatic nitrogens is 1. The molecule has 0 unspecified atom stereocenters. The summed E-state index contributed by atoms with van der Waals surface area (Å²) < 4.78 is 36.8. The minimum atomic E-state index is -4.45. The molecule has 1 amide bonds. The zero-order valence-electron chi connectivity index (χ0n) is 9.69. The maximum atomic E-state index is 12.3. The lowest BCUT2D eigenvalue weighted by atomic mass is 10.3. The third-order valence-electron chi connectivity index (χ3n) is 1.98. The Labute approximate surface area is 112 Å². The van der Waals surface area contributed by atoms with Crippen molar-refractivity contribution in [2.75, 3.05) is 7.05 Å². The fraction of sp³-hybridized carbons (Fsp3) is 0.556. The molecule has 104 valence electrons. The highest BCUT2D eigenvalue weighted by Gasteiger charge is 2.33. The van der Waals surface area contributed by atoms with Crippen LogP contribution in [0.2, 0.25) is 0 Å². The highest BCUT2D eigenvalue weighted by molar-refractivity contribution is 7.09. The minimum Gasteiger partial charge on any atom is -0.338 e. The summed E-state index contributed by atoms with van der Waals surface area (Å²) in [5.41, 5.74) is 4.45. The third-order valence-corrected chi connectivity index (χ3v) is 2.81. The van der Waals surface area contributed by atoms with E-state index in [2.05, 4.69) is 4.98 Å². The fourth-order valence-electron chi connectivity index (χ4n) is 1.14. The average molecular weight is 304 g/mol. The lowest BCUT2D eigenvalue weighted by molar-refractivity contribution is -0.140. The maximum Gasteiger partial charge on any atom is 0.434 e. The van der Waals surface area contributed by atoms with Gasteiger partial charge in [-0.05, 0) is 6.92 Å². The van der Waals surface area contributed by atoms with Crippen LogP contribution in [0.15, 0.2) is 5.38 Å². The lowest BCUT2D eigenvalue weighted by Crippen LogP contribution is -2.39. The maximum absolute atomic E-state index is 12.3. The predicted octanol–water partition coefficient (Wildman–Crippen LogP) is 1.89. The van der Waals surface area contributed by atoms with Gasteiger partial charge in [-0.3, -0.25) is 4.79 Å². The zero-order valence-corrected chi connectivity index (χ0v) is 11.3. The van der Waals surface area contributed by atoms with E-state index in [1.165, 1.54) is 18.9 Å². The van der Waals surface area contributed by atoms with Crippen molar-refractivity contribution in [1.82, 2.24) is 9.88 Å². The number of carbonyl (C=O) groups excluding carboxylic acids is 1. The molecule has 18 heavy (non-hydrogen) atoms. The Morgan fingerprint density at radius 2 is 2.17 bits per heavy atom. The molecule has 0 saturated heterocycles. The lowest BCUT2D eigenvalue weighted by Gasteiger charge is -2.17. The number of nitrogens with two attached hydrogens (primary N) is 1. The highest BCUT2D eigenvalue weighted by Crippen LogP contribution is 2.30. The molecule has 0 fully saturated rings. The number of alkyl halides is 3. The van der Waals surface area contributed by atoms with Gasteiger partial charge in [0, 0.05) is 12.4 Å². The first-order valence-electron chi connectivity index (χ1n) is 4.74. The first-order valence-corrected chi connectivity index (χ1v) is 5.62. The molecule has 0 aliphatic heterocycles. The van der Waals surface area contributed by atoms with Gasteiger partial charge in [0.25, 0.3) is 0 Å². The summed E-state index contributed by atoms with van der Waals surface area (Å²) in [6.45, 7) is 1.54. The summed E-state index contributed by atoms with van der Waals surface area (Å²) in [6, 6.07) is -0.679. The number of thiazole rings is 1. The molecule has 4 nitrogen and oxygen atoms in total. The van der Waals surface area contributed by atoms with E-state index in [1.807, 2.05) is 0 Å². The number of hydrogen-bond donors (Lipinski definition) is 1. The van der Waals surface area contributed by atoms with Crippen molar-refractivity contribution in [3.05, 3.63) is 16.1 Å². The normalized spacial score (nSPS) is 12.8. The van der Waals surface area contributed by atoms with Crippen LogP contribution in [0.3, 0.4) is 0 Å². The fourth-order valence-corrected chi connectivity index (χ4v) is 2.00. The molecule has 1 rings (SSSR count). The molecule has 2 N–H and O–H groups in total. The van der Waals surface area contributed by atoms with Crippen LogP contribution in [0.25, 0.3) is 0 Å². The van der Waals surface area contributed by atoms with Crippen molar-refractivity contribution >= 4 is 29.7 Å². The highest BCUT2D eigenvalue weighted by atomic mass is 35.5. The Morgan fingerprint density at radius 3 is 2.56 bits per heavy atom. The monoisotopic (exact) mass is 303 g/mol. The van der Waals surface area contributed by atoms with Crippen molar-refractivity contribution in [2.45, 2.75) is 25.7 Å². The van der Waals surface area contributed by atoms with E-state index in [-0.39, 0.29) is 29.9 Å². The Morgan fingerprint density at radius 1 is 1.61 bits per heavy atom. The van der Waals surface area contributed by atoms with E-state index in [0.29, 0.717) is 0 Å². The van der Waals surface area contributed by atoms with E-state index < -0.39 is 17.9 Å². The number of amides is 1. The molecule has 0 bridgehead atoms. The van der Waals surface area contributed by atoms with Crippen LogP contribution in [-0.2, 0) is 17.5 Å². The molecule has 0 saturated carbocycles. The molecule has 1 aromatic rings. The Hall–Kier alpha value is -0.860. The molecule has 0 aliphatic carbocycles. The molecule has 0 spiro atoms. The number of halogens is 4. The minimum absolute atomic E-state index is 0. The van der Waals surface area contributed by atoms with Gasteiger partial charge in [0.2, 0.25) is 5.91 Å². The van der Waals surface area contributed by atoms with Gasteiger partial charge < -0.3 is 10.6 Å². The quantitative estimate of drug-likeness (QED) is 0.927. The molecular formula is C9H13ClF3N3OS. The second-order valence-electron chi connectivity index (χ2n) is 3.61. The Balaban J connectivity index is 0.00000289. The molecule has 1 heterocycles. The van der Waals surface area contributed by atoms with Gasteiger partial charge in [-0.15, -0.1) is 23.7 Å². The molecule has 1 atom stereocenters. The van der Waals surface area contributed by atoms with Crippen LogP contribution in [0.5, 0.6) is 0 Å². The van der Waals surface area contributed by atoms with Crippen molar-refractivity contribution < 1.29 is 18.0 Å². The summed E-state index contributed by atoms with van der Waals surface area (Å²) in [7, 11) is 1.47. The van der Waals surface area contributed by atoms with E-state index in [4.69, 9.17) is 5.73 Å². The first kappa shape index (κ1) is 17.1. The van der Waals surface area contributed by atoms with Crippen molar-refractivity contribution in [2.24, 2.45) is 5.73 Å². The zero-order chi connectivity index (χ0) is 13.2. The van der Waals surface area contributed by atoms with Crippen LogP contribution in [0, 0.1) is 0 Å². The Bertz CT molecular complexity index is 408. The van der Waals surface area contributed by atoms with Crippen molar-refractivity contribution in [1.29, 1.82) is 0 Å². The standard InChI is InChI=1S/C9H12F3N3OS.ClH/c1-5(13)8(16)15(2)3-7-14-6(4-17-7)9(10,11)12;/h4-5H,3,13H2,1-2H3;1H/t5-;/m1./s1. The summed E-state index contributed by atoms with van der Waals surface area (Å²) >= 11 is 0.868. The molecule has 1 aromatic heterocycles. The van der Waals surface area contributed by atoms with E-state index >= 15 is 0 Å². The van der Waals surface area contributed by atoms with Crippen LogP contribution in [0.4, 0.5) is 13.2 Å². The van der Waals surface area contributed by atoms with Crippen LogP contribution >= 0.6 is 23.7 Å². The van der Waals surface area contributed by atoms with E-state index in [0.717, 1.165) is 16.7 Å². The van der Waals surface area contributed by atoms with Crippen LogP contribution in [0.1, 0.15) is 17.6 Å². The number of nitrogens with zero attached hydrogens (tertiary/aromatic N) is 2. The van der Waals surface area contributed by atoms with Crippen LogP contribution < -0.4 is 5.73 Å². The topological polar surface area (TPSA) is 59.2 Å². The summed E-state index contributed by atoms with van der Waals surface area (Å²) in [5.74, 6) is -0.339. The number of likely N-dealkylation sites (N-methyl/N-ethyl adjacent to an activating group) is 1. The summed E-state index contributed by atoms with van der Waals surface area (Å²) in [5, 5.41) is 1.16. The van der Waals surface area contributed by atoms with Gasteiger partial charge in [-0.2, -0.15) is 13.2 Å². The van der Waals surface area contributed by atoms with Crippen molar-refractivity contribution in [3.8, 4) is 0 Å². The van der Waals surface area contributed by atoms with Gasteiger partial charge in [-0.25, -0.2) is 4.98 Å². The van der Waals surface area contributed by atoms with Gasteiger partial charge in [0.1, 0.15) is 5.01 Å². The molecular weight excluding hydrogens is 291 g/mol. The van der Waals surface area contributed by atoms with Gasteiger partial charge in [-0.1, -0.05) is 0 Å². The van der Waals surface area contributed by atoms with E-state index in [1.54, 1.807) is 0 Å². The second kappa shape index (κ2) is 6.35. The smallest absolute Gasteiger partial charge is 0.338 e. The van der Waals surface area contributed by atoms with Gasteiger partial charge in [0.15, 0.2) is 5.69 Å². The number of hydrogen-bond acceptors (Lipinski definition) is 4. The summed E-state index contributed by atoms with van der Waals surface area (Å²) in [6.07, 6.45) is -4.45. The second-order valence-corrected chi connectivity index (χ2v) is 4.55. The summed E-state index contributed by atoms with van der Waals surface area (Å²) in [4.78, 5) is 16.1. The van der Waals surface area contributed by atoms with Crippen molar-refractivity contribution in [3.63, 3.8) is 0 Å². The molecule has 0 radical (unpaired) electrons. The van der Waals surface area contributed by atoms with Crippen LogP contribution in [-0.4, -0.2) is 28.9 Å². The van der Waals surface area contributed by atoms with Gasteiger partial charge in [0.05, 0.1) is 12.6 Å². The predicted molar refractivity (Wildman–Crippen MR) is 64.5 cm³/mol.